The first-order chi connectivity index (χ1) is 16.0. The number of amides is 3. The van der Waals surface area contributed by atoms with E-state index in [-0.39, 0.29) is 5.91 Å². The lowest BCUT2D eigenvalue weighted by Crippen LogP contribution is -2.29. The van der Waals surface area contributed by atoms with E-state index in [1.165, 1.54) is 23.0 Å². The Balaban J connectivity index is 1.35. The van der Waals surface area contributed by atoms with Crippen LogP contribution in [0.2, 0.25) is 0 Å². The van der Waals surface area contributed by atoms with E-state index in [9.17, 15) is 14.4 Å². The fourth-order valence-electron chi connectivity index (χ4n) is 3.75. The first kappa shape index (κ1) is 20.8. The highest BCUT2D eigenvalue weighted by atomic mass is 32.1. The number of thiazole rings is 1. The van der Waals surface area contributed by atoms with Crippen LogP contribution in [0.3, 0.4) is 0 Å². The standard InChI is InChI=1S/C26H19N3O3S/c1-2-16-10-12-17(13-11-16)22-15-33-26(27-22)28-23(30)18-6-5-7-19(14-18)29-24(31)20-8-3-4-9-21(20)25(29)32/h3-15H,2H2,1H3,(H,27,28,30). The van der Waals surface area contributed by atoms with E-state index < -0.39 is 11.8 Å². The molecule has 1 aromatic heterocycles. The van der Waals surface area contributed by atoms with Gasteiger partial charge in [0.1, 0.15) is 0 Å². The van der Waals surface area contributed by atoms with E-state index in [1.54, 1.807) is 42.5 Å². The zero-order valence-corrected chi connectivity index (χ0v) is 18.6. The Kier molecular flexibility index (Phi) is 5.32. The third-order valence-corrected chi connectivity index (χ3v) is 6.30. The summed E-state index contributed by atoms with van der Waals surface area (Å²) in [6, 6.07) is 21.3. The Morgan fingerprint density at radius 1 is 0.939 bits per heavy atom. The van der Waals surface area contributed by atoms with Gasteiger partial charge in [-0.2, -0.15) is 0 Å². The summed E-state index contributed by atoms with van der Waals surface area (Å²) in [6.07, 6.45) is 0.971. The largest absolute Gasteiger partial charge is 0.298 e. The second kappa shape index (κ2) is 8.44. The molecule has 5 rings (SSSR count). The highest BCUT2D eigenvalue weighted by Gasteiger charge is 2.36. The van der Waals surface area contributed by atoms with Gasteiger partial charge >= 0.3 is 0 Å². The Labute approximate surface area is 194 Å². The van der Waals surface area contributed by atoms with Crippen LogP contribution in [0.4, 0.5) is 10.8 Å². The fraction of sp³-hybridized carbons (Fsp3) is 0.0769. The Bertz CT molecular complexity index is 1360. The van der Waals surface area contributed by atoms with Crippen molar-refractivity contribution in [3.63, 3.8) is 0 Å². The summed E-state index contributed by atoms with van der Waals surface area (Å²) in [5, 5.41) is 5.18. The summed E-state index contributed by atoms with van der Waals surface area (Å²) in [5.41, 5.74) is 4.42. The topological polar surface area (TPSA) is 79.4 Å². The van der Waals surface area contributed by atoms with E-state index in [1.807, 2.05) is 17.5 Å². The van der Waals surface area contributed by atoms with E-state index in [0.29, 0.717) is 27.5 Å². The van der Waals surface area contributed by atoms with Gasteiger partial charge in [0, 0.05) is 16.5 Å². The van der Waals surface area contributed by atoms with Crippen LogP contribution < -0.4 is 10.2 Å². The monoisotopic (exact) mass is 453 g/mol. The molecular weight excluding hydrogens is 434 g/mol. The lowest BCUT2D eigenvalue weighted by Gasteiger charge is -2.14. The summed E-state index contributed by atoms with van der Waals surface area (Å²) < 4.78 is 0. The van der Waals surface area contributed by atoms with E-state index in [2.05, 4.69) is 29.4 Å². The molecule has 4 aromatic rings. The minimum Gasteiger partial charge on any atom is -0.298 e. The van der Waals surface area contributed by atoms with Gasteiger partial charge in [0.25, 0.3) is 17.7 Å². The molecule has 1 N–H and O–H groups in total. The molecule has 0 bridgehead atoms. The van der Waals surface area contributed by atoms with Crippen LogP contribution in [0.15, 0.2) is 78.2 Å². The molecule has 6 nitrogen and oxygen atoms in total. The maximum absolute atomic E-state index is 12.9. The number of rotatable bonds is 5. The number of anilines is 2. The highest BCUT2D eigenvalue weighted by molar-refractivity contribution is 7.14. The van der Waals surface area contributed by atoms with Crippen LogP contribution in [-0.2, 0) is 6.42 Å². The summed E-state index contributed by atoms with van der Waals surface area (Å²) in [7, 11) is 0. The van der Waals surface area contributed by atoms with Crippen molar-refractivity contribution in [2.24, 2.45) is 0 Å². The summed E-state index contributed by atoms with van der Waals surface area (Å²) in [5.74, 6) is -1.16. The van der Waals surface area contributed by atoms with Gasteiger partial charge < -0.3 is 0 Å². The molecule has 0 saturated heterocycles. The number of imide groups is 1. The molecule has 1 aliphatic heterocycles. The van der Waals surface area contributed by atoms with E-state index >= 15 is 0 Å². The number of carbonyl (C=O) groups is 3. The van der Waals surface area contributed by atoms with Crippen molar-refractivity contribution in [3.05, 3.63) is 100 Å². The summed E-state index contributed by atoms with van der Waals surface area (Å²) >= 11 is 1.34. The van der Waals surface area contributed by atoms with Crippen LogP contribution >= 0.6 is 11.3 Å². The van der Waals surface area contributed by atoms with Gasteiger partial charge in [-0.15, -0.1) is 11.3 Å². The Hall–Kier alpha value is -4.10. The van der Waals surface area contributed by atoms with Gasteiger partial charge in [0.2, 0.25) is 0 Å². The minimum absolute atomic E-state index is 0.327. The maximum atomic E-state index is 12.9. The van der Waals surface area contributed by atoms with Crippen molar-refractivity contribution < 1.29 is 14.4 Å². The number of fused-ring (bicyclic) bond motifs is 1. The van der Waals surface area contributed by atoms with Crippen molar-refractivity contribution in [1.29, 1.82) is 0 Å². The number of hydrogen-bond donors (Lipinski definition) is 1. The average molecular weight is 454 g/mol. The number of carbonyl (C=O) groups excluding carboxylic acids is 3. The average Bonchev–Trinajstić information content (AvgIpc) is 3.42. The quantitative estimate of drug-likeness (QED) is 0.409. The second-order valence-corrected chi connectivity index (χ2v) is 8.44. The lowest BCUT2D eigenvalue weighted by molar-refractivity contribution is 0.0924. The molecule has 0 aliphatic carbocycles. The third-order valence-electron chi connectivity index (χ3n) is 5.54. The van der Waals surface area contributed by atoms with Crippen LogP contribution in [0.25, 0.3) is 11.3 Å². The molecule has 3 amide bonds. The molecule has 7 heteroatoms. The molecule has 0 spiro atoms. The molecule has 0 fully saturated rings. The van der Waals surface area contributed by atoms with Crippen LogP contribution in [0.1, 0.15) is 43.6 Å². The van der Waals surface area contributed by atoms with Gasteiger partial charge in [0.05, 0.1) is 22.5 Å². The second-order valence-electron chi connectivity index (χ2n) is 7.58. The molecule has 33 heavy (non-hydrogen) atoms. The molecule has 3 aromatic carbocycles. The normalized spacial score (nSPS) is 12.7. The number of nitrogens with one attached hydrogen (secondary N) is 1. The van der Waals surface area contributed by atoms with Crippen molar-refractivity contribution in [2.45, 2.75) is 13.3 Å². The first-order valence-corrected chi connectivity index (χ1v) is 11.4. The van der Waals surface area contributed by atoms with Gasteiger partial charge in [-0.25, -0.2) is 9.88 Å². The molecule has 0 unspecified atom stereocenters. The van der Waals surface area contributed by atoms with Gasteiger partial charge in [-0.3, -0.25) is 19.7 Å². The molecule has 0 saturated carbocycles. The van der Waals surface area contributed by atoms with Crippen LogP contribution in [0.5, 0.6) is 0 Å². The molecule has 0 atom stereocenters. The van der Waals surface area contributed by atoms with E-state index in [4.69, 9.17) is 0 Å². The SMILES string of the molecule is CCc1ccc(-c2csc(NC(=O)c3cccc(N4C(=O)c5ccccc5C4=O)c3)n2)cc1. The zero-order chi connectivity index (χ0) is 22.9. The smallest absolute Gasteiger partial charge is 0.266 e. The third kappa shape index (κ3) is 3.83. The van der Waals surface area contributed by atoms with Crippen molar-refractivity contribution in [3.8, 4) is 11.3 Å². The number of nitrogens with zero attached hydrogens (tertiary/aromatic N) is 2. The molecular formula is C26H19N3O3S. The highest BCUT2D eigenvalue weighted by Crippen LogP contribution is 2.29. The van der Waals surface area contributed by atoms with E-state index in [0.717, 1.165) is 22.6 Å². The summed E-state index contributed by atoms with van der Waals surface area (Å²) in [6.45, 7) is 2.11. The van der Waals surface area contributed by atoms with Gasteiger partial charge in [0.15, 0.2) is 5.13 Å². The van der Waals surface area contributed by atoms with Crippen LogP contribution in [0, 0.1) is 0 Å². The predicted molar refractivity (Wildman–Crippen MR) is 129 cm³/mol. The number of hydrogen-bond acceptors (Lipinski definition) is 5. The fourth-order valence-corrected chi connectivity index (χ4v) is 4.47. The number of aromatic nitrogens is 1. The lowest BCUT2D eigenvalue weighted by atomic mass is 10.1. The predicted octanol–water partition coefficient (Wildman–Crippen LogP) is 5.43. The minimum atomic E-state index is -0.396. The molecule has 162 valence electrons. The Morgan fingerprint density at radius 2 is 1.64 bits per heavy atom. The Morgan fingerprint density at radius 3 is 2.30 bits per heavy atom. The first-order valence-electron chi connectivity index (χ1n) is 10.5. The van der Waals surface area contributed by atoms with Crippen LogP contribution in [-0.4, -0.2) is 22.7 Å². The molecule has 1 aliphatic rings. The van der Waals surface area contributed by atoms with Crippen molar-refractivity contribution in [1.82, 2.24) is 4.98 Å². The molecule has 2 heterocycles. The number of aryl methyl sites for hydroxylation is 1. The van der Waals surface area contributed by atoms with Gasteiger partial charge in [-0.05, 0) is 42.3 Å². The van der Waals surface area contributed by atoms with Crippen molar-refractivity contribution in [2.75, 3.05) is 10.2 Å². The van der Waals surface area contributed by atoms with Gasteiger partial charge in [-0.1, -0.05) is 49.4 Å². The number of benzene rings is 3. The molecule has 0 radical (unpaired) electrons. The zero-order valence-electron chi connectivity index (χ0n) is 17.7. The maximum Gasteiger partial charge on any atom is 0.266 e. The summed E-state index contributed by atoms with van der Waals surface area (Å²) in [4.78, 5) is 44.0. The van der Waals surface area contributed by atoms with Crippen molar-refractivity contribution >= 4 is 39.9 Å².